The Hall–Kier alpha value is -1.91. The van der Waals surface area contributed by atoms with Gasteiger partial charge in [-0.25, -0.2) is 17.2 Å². The summed E-state index contributed by atoms with van der Waals surface area (Å²) in [4.78, 5) is -0.241. The third kappa shape index (κ3) is 3.55. The summed E-state index contributed by atoms with van der Waals surface area (Å²) in [5.41, 5.74) is 0. The first-order valence-electron chi connectivity index (χ1n) is 7.76. The summed E-state index contributed by atoms with van der Waals surface area (Å²) in [6, 6.07) is 2.68. The van der Waals surface area contributed by atoms with Crippen LogP contribution in [0.5, 0.6) is 0 Å². The summed E-state index contributed by atoms with van der Waals surface area (Å²) >= 11 is 0. The molecular formula is C15H18F2N4O3S. The highest BCUT2D eigenvalue weighted by Crippen LogP contribution is 2.28. The fourth-order valence-corrected chi connectivity index (χ4v) is 4.43. The number of hydrogen-bond acceptors (Lipinski definition) is 5. The van der Waals surface area contributed by atoms with Gasteiger partial charge in [-0.15, -0.1) is 10.2 Å². The van der Waals surface area contributed by atoms with Gasteiger partial charge < -0.3 is 9.30 Å². The maximum atomic E-state index is 13.4. The van der Waals surface area contributed by atoms with Crippen LogP contribution in [-0.2, 0) is 21.4 Å². The van der Waals surface area contributed by atoms with Crippen LogP contribution in [0.1, 0.15) is 24.7 Å². The lowest BCUT2D eigenvalue weighted by atomic mass is 10.1. The van der Waals surface area contributed by atoms with Crippen LogP contribution in [-0.4, -0.2) is 47.7 Å². The Morgan fingerprint density at radius 2 is 1.96 bits per heavy atom. The molecule has 0 bridgehead atoms. The zero-order valence-corrected chi connectivity index (χ0v) is 14.4. The highest BCUT2D eigenvalue weighted by molar-refractivity contribution is 7.89. The number of sulfonamides is 1. The number of ether oxygens (including phenoxy) is 1. The third-order valence-electron chi connectivity index (χ3n) is 4.27. The molecule has 3 rings (SSSR count). The number of aromatic nitrogens is 3. The fourth-order valence-electron chi connectivity index (χ4n) is 2.95. The molecule has 0 saturated carbocycles. The maximum Gasteiger partial charge on any atom is 0.243 e. The Morgan fingerprint density at radius 3 is 2.60 bits per heavy atom. The average Bonchev–Trinajstić information content (AvgIpc) is 3.06. The van der Waals surface area contributed by atoms with Gasteiger partial charge in [0.05, 0.1) is 4.90 Å². The van der Waals surface area contributed by atoms with Gasteiger partial charge >= 0.3 is 0 Å². The highest BCUT2D eigenvalue weighted by Gasteiger charge is 2.31. The number of piperidine rings is 1. The summed E-state index contributed by atoms with van der Waals surface area (Å²) < 4.78 is 59.8. The molecule has 0 unspecified atom stereocenters. The second kappa shape index (κ2) is 7.14. The third-order valence-corrected chi connectivity index (χ3v) is 6.16. The zero-order valence-electron chi connectivity index (χ0n) is 13.6. The smallest absolute Gasteiger partial charge is 0.243 e. The molecule has 1 aliphatic rings. The number of hydrogen-bond donors (Lipinski definition) is 0. The van der Waals surface area contributed by atoms with Gasteiger partial charge in [0.1, 0.15) is 12.9 Å². The topological polar surface area (TPSA) is 77.3 Å². The lowest BCUT2D eigenvalue weighted by Crippen LogP contribution is -2.39. The Balaban J connectivity index is 1.73. The van der Waals surface area contributed by atoms with Crippen LogP contribution >= 0.6 is 0 Å². The van der Waals surface area contributed by atoms with E-state index in [1.807, 2.05) is 4.57 Å². The van der Waals surface area contributed by atoms with Crippen molar-refractivity contribution in [3.8, 4) is 0 Å². The molecule has 25 heavy (non-hydrogen) atoms. The summed E-state index contributed by atoms with van der Waals surface area (Å²) in [6.45, 7) is 0.876. The molecule has 0 amide bonds. The van der Waals surface area contributed by atoms with Crippen LogP contribution in [0.4, 0.5) is 8.78 Å². The molecule has 1 aliphatic heterocycles. The molecule has 1 aromatic heterocycles. The predicted molar refractivity (Wildman–Crippen MR) is 84.1 cm³/mol. The van der Waals surface area contributed by atoms with Crippen LogP contribution in [0.25, 0.3) is 0 Å². The number of methoxy groups -OCH3 is 1. The van der Waals surface area contributed by atoms with Gasteiger partial charge in [-0.1, -0.05) is 0 Å². The van der Waals surface area contributed by atoms with Crippen molar-refractivity contribution >= 4 is 10.0 Å². The number of halogens is 2. The molecular weight excluding hydrogens is 354 g/mol. The van der Waals surface area contributed by atoms with Gasteiger partial charge in [-0.05, 0) is 31.0 Å². The number of rotatable bonds is 5. The summed E-state index contributed by atoms with van der Waals surface area (Å²) in [5.74, 6) is -1.56. The van der Waals surface area contributed by atoms with Crippen LogP contribution < -0.4 is 0 Å². The van der Waals surface area contributed by atoms with Gasteiger partial charge in [0.25, 0.3) is 0 Å². The van der Waals surface area contributed by atoms with Crippen molar-refractivity contribution in [1.29, 1.82) is 0 Å². The van der Waals surface area contributed by atoms with E-state index in [0.717, 1.165) is 12.1 Å². The Kier molecular flexibility index (Phi) is 5.11. The monoisotopic (exact) mass is 372 g/mol. The van der Waals surface area contributed by atoms with Crippen molar-refractivity contribution in [2.45, 2.75) is 30.4 Å². The minimum absolute atomic E-state index is 0.0663. The second-order valence-electron chi connectivity index (χ2n) is 5.80. The van der Waals surface area contributed by atoms with Crippen molar-refractivity contribution in [2.75, 3.05) is 20.2 Å². The van der Waals surface area contributed by atoms with Crippen molar-refractivity contribution in [3.05, 3.63) is 42.0 Å². The molecule has 7 nitrogen and oxygen atoms in total. The molecule has 0 N–H and O–H groups in total. The molecule has 136 valence electrons. The SMILES string of the molecule is COCc1nncn1C1CCN(S(=O)(=O)c2ccc(F)c(F)c2)CC1. The molecule has 10 heteroatoms. The first-order valence-corrected chi connectivity index (χ1v) is 9.20. The molecule has 0 radical (unpaired) electrons. The van der Waals surface area contributed by atoms with E-state index in [4.69, 9.17) is 4.74 Å². The maximum absolute atomic E-state index is 13.4. The minimum Gasteiger partial charge on any atom is -0.377 e. The van der Waals surface area contributed by atoms with E-state index in [0.29, 0.717) is 31.3 Å². The van der Waals surface area contributed by atoms with Crippen LogP contribution in [0.2, 0.25) is 0 Å². The molecule has 2 aromatic rings. The van der Waals surface area contributed by atoms with Crippen LogP contribution in [0.3, 0.4) is 0 Å². The zero-order chi connectivity index (χ0) is 18.0. The first kappa shape index (κ1) is 17.9. The van der Waals surface area contributed by atoms with E-state index in [2.05, 4.69) is 10.2 Å². The Labute approximate surface area is 144 Å². The van der Waals surface area contributed by atoms with E-state index in [1.54, 1.807) is 13.4 Å². The minimum atomic E-state index is -3.85. The van der Waals surface area contributed by atoms with Gasteiger partial charge in [-0.3, -0.25) is 0 Å². The normalized spacial score (nSPS) is 17.1. The van der Waals surface area contributed by atoms with Crippen molar-refractivity contribution in [3.63, 3.8) is 0 Å². The van der Waals surface area contributed by atoms with E-state index >= 15 is 0 Å². The van der Waals surface area contributed by atoms with Crippen LogP contribution in [0.15, 0.2) is 29.4 Å². The summed E-state index contributed by atoms with van der Waals surface area (Å²) in [6.07, 6.45) is 2.74. The van der Waals surface area contributed by atoms with E-state index in [-0.39, 0.29) is 24.0 Å². The molecule has 2 heterocycles. The quantitative estimate of drug-likeness (QED) is 0.799. The molecule has 0 atom stereocenters. The van der Waals surface area contributed by atoms with E-state index in [1.165, 1.54) is 4.31 Å². The van der Waals surface area contributed by atoms with Crippen molar-refractivity contribution < 1.29 is 21.9 Å². The molecule has 0 aliphatic carbocycles. The lowest BCUT2D eigenvalue weighted by molar-refractivity contribution is 0.167. The van der Waals surface area contributed by atoms with E-state index < -0.39 is 21.7 Å². The molecule has 1 saturated heterocycles. The van der Waals surface area contributed by atoms with Gasteiger partial charge in [0.15, 0.2) is 17.5 Å². The first-order chi connectivity index (χ1) is 11.9. The highest BCUT2D eigenvalue weighted by atomic mass is 32.2. The summed E-state index contributed by atoms with van der Waals surface area (Å²) in [5, 5.41) is 7.87. The second-order valence-corrected chi connectivity index (χ2v) is 7.74. The van der Waals surface area contributed by atoms with Gasteiger partial charge in [-0.2, -0.15) is 4.31 Å². The molecule has 1 aromatic carbocycles. The lowest BCUT2D eigenvalue weighted by Gasteiger charge is -2.32. The van der Waals surface area contributed by atoms with Crippen molar-refractivity contribution in [2.24, 2.45) is 0 Å². The molecule has 1 fully saturated rings. The fraction of sp³-hybridized carbons (Fsp3) is 0.467. The Morgan fingerprint density at radius 1 is 1.24 bits per heavy atom. The largest absolute Gasteiger partial charge is 0.377 e. The molecule has 0 spiro atoms. The standard InChI is InChI=1S/C15H18F2N4O3S/c1-24-9-15-19-18-10-21(15)11-4-6-20(7-5-11)25(22,23)12-2-3-13(16)14(17)8-12/h2-3,8,10-11H,4-7,9H2,1H3. The number of nitrogens with zero attached hydrogens (tertiary/aromatic N) is 4. The predicted octanol–water partition coefficient (Wildman–Crippen LogP) is 1.73. The van der Waals surface area contributed by atoms with Gasteiger partial charge in [0, 0.05) is 26.2 Å². The average molecular weight is 372 g/mol. The van der Waals surface area contributed by atoms with Crippen LogP contribution in [0, 0.1) is 11.6 Å². The van der Waals surface area contributed by atoms with E-state index in [9.17, 15) is 17.2 Å². The number of benzene rings is 1. The Bertz CT molecular complexity index is 848. The van der Waals surface area contributed by atoms with Crippen molar-refractivity contribution in [1.82, 2.24) is 19.1 Å². The van der Waals surface area contributed by atoms with Gasteiger partial charge in [0.2, 0.25) is 10.0 Å². The summed E-state index contributed by atoms with van der Waals surface area (Å²) in [7, 11) is -2.29.